The minimum absolute atomic E-state index is 0.0227. The molecule has 2 rings (SSSR count). The fraction of sp³-hybridized carbons (Fsp3) is 0.143. The van der Waals surface area contributed by atoms with E-state index in [9.17, 15) is 14.5 Å². The number of benzene rings is 2. The zero-order valence-corrected chi connectivity index (χ0v) is 12.3. The summed E-state index contributed by atoms with van der Waals surface area (Å²) in [6.45, 7) is 2.35. The van der Waals surface area contributed by atoms with Gasteiger partial charge in [0.25, 0.3) is 5.69 Å². The Kier molecular flexibility index (Phi) is 4.34. The number of nitro groups is 1. The van der Waals surface area contributed by atoms with Gasteiger partial charge in [-0.15, -0.1) is 0 Å². The summed E-state index contributed by atoms with van der Waals surface area (Å²) < 4.78 is 14.0. The molecular formula is C14H12BrFN2O2. The van der Waals surface area contributed by atoms with Crippen LogP contribution in [0.5, 0.6) is 0 Å². The lowest BCUT2D eigenvalue weighted by molar-refractivity contribution is -0.384. The number of rotatable bonds is 4. The van der Waals surface area contributed by atoms with Crippen molar-refractivity contribution in [3.8, 4) is 0 Å². The van der Waals surface area contributed by atoms with Crippen LogP contribution in [0.1, 0.15) is 6.92 Å². The third kappa shape index (κ3) is 2.96. The minimum Gasteiger partial charge on any atom is -0.336 e. The van der Waals surface area contributed by atoms with E-state index in [-0.39, 0.29) is 11.5 Å². The molecule has 2 aromatic rings. The second kappa shape index (κ2) is 6.00. The first-order valence-electron chi connectivity index (χ1n) is 6.00. The van der Waals surface area contributed by atoms with Gasteiger partial charge < -0.3 is 4.90 Å². The summed E-state index contributed by atoms with van der Waals surface area (Å²) in [7, 11) is 0. The lowest BCUT2D eigenvalue weighted by Gasteiger charge is -2.23. The van der Waals surface area contributed by atoms with E-state index in [1.165, 1.54) is 18.2 Å². The van der Waals surface area contributed by atoms with E-state index in [4.69, 9.17) is 0 Å². The van der Waals surface area contributed by atoms with Crippen molar-refractivity contribution in [2.45, 2.75) is 6.92 Å². The maximum absolute atomic E-state index is 13.3. The molecule has 0 heterocycles. The lowest BCUT2D eigenvalue weighted by Crippen LogP contribution is -2.17. The van der Waals surface area contributed by atoms with E-state index in [1.807, 2.05) is 6.92 Å². The van der Waals surface area contributed by atoms with E-state index in [1.54, 1.807) is 29.2 Å². The van der Waals surface area contributed by atoms with Crippen LogP contribution in [-0.2, 0) is 0 Å². The van der Waals surface area contributed by atoms with Gasteiger partial charge in [-0.2, -0.15) is 0 Å². The van der Waals surface area contributed by atoms with Gasteiger partial charge in [-0.25, -0.2) is 4.39 Å². The number of hydrogen-bond donors (Lipinski definition) is 0. The van der Waals surface area contributed by atoms with Crippen molar-refractivity contribution in [2.75, 3.05) is 11.4 Å². The second-order valence-corrected chi connectivity index (χ2v) is 5.03. The molecule has 0 radical (unpaired) electrons. The first-order valence-corrected chi connectivity index (χ1v) is 6.79. The first kappa shape index (κ1) is 14.5. The molecule has 0 saturated carbocycles. The van der Waals surface area contributed by atoms with Gasteiger partial charge in [0.2, 0.25) is 0 Å². The molecule has 0 N–H and O–H groups in total. The molecule has 0 amide bonds. The normalized spacial score (nSPS) is 10.3. The minimum atomic E-state index is -0.442. The van der Waals surface area contributed by atoms with Gasteiger partial charge >= 0.3 is 0 Å². The summed E-state index contributed by atoms with van der Waals surface area (Å²) in [5.74, 6) is -0.374. The van der Waals surface area contributed by atoms with Crippen LogP contribution in [0.25, 0.3) is 0 Å². The van der Waals surface area contributed by atoms with Crippen molar-refractivity contribution >= 4 is 33.0 Å². The van der Waals surface area contributed by atoms with Crippen LogP contribution in [0.4, 0.5) is 21.5 Å². The molecule has 104 valence electrons. The summed E-state index contributed by atoms with van der Waals surface area (Å²) in [5.41, 5.74) is 0.995. The predicted octanol–water partition coefficient (Wildman–Crippen LogP) is 4.65. The molecule has 0 spiro atoms. The number of anilines is 2. The molecule has 0 aromatic heterocycles. The average molecular weight is 339 g/mol. The van der Waals surface area contributed by atoms with E-state index in [0.717, 1.165) is 0 Å². The highest BCUT2D eigenvalue weighted by Gasteiger charge is 2.20. The molecule has 0 atom stereocenters. The molecule has 0 aliphatic carbocycles. The number of nitrogens with zero attached hydrogens (tertiary/aromatic N) is 2. The monoisotopic (exact) mass is 338 g/mol. The van der Waals surface area contributed by atoms with Crippen LogP contribution >= 0.6 is 15.9 Å². The molecule has 0 unspecified atom stereocenters. The van der Waals surface area contributed by atoms with Gasteiger partial charge in [0.15, 0.2) is 0 Å². The SMILES string of the molecule is CCN(c1cccc(F)c1)c1ccc(Br)cc1[N+](=O)[O-]. The van der Waals surface area contributed by atoms with Crippen LogP contribution in [-0.4, -0.2) is 11.5 Å². The van der Waals surface area contributed by atoms with E-state index >= 15 is 0 Å². The molecular weight excluding hydrogens is 327 g/mol. The van der Waals surface area contributed by atoms with Crippen molar-refractivity contribution in [3.63, 3.8) is 0 Å². The molecule has 0 fully saturated rings. The lowest BCUT2D eigenvalue weighted by atomic mass is 10.2. The maximum atomic E-state index is 13.3. The van der Waals surface area contributed by atoms with Crippen LogP contribution in [0, 0.1) is 15.9 Å². The molecule has 0 aliphatic heterocycles. The number of halogens is 2. The van der Waals surface area contributed by atoms with Gasteiger partial charge in [0.05, 0.1) is 4.92 Å². The Morgan fingerprint density at radius 2 is 2.05 bits per heavy atom. The summed E-state index contributed by atoms with van der Waals surface area (Å²) in [4.78, 5) is 12.4. The van der Waals surface area contributed by atoms with E-state index in [2.05, 4.69) is 15.9 Å². The first-order chi connectivity index (χ1) is 9.52. The fourth-order valence-electron chi connectivity index (χ4n) is 2.01. The van der Waals surface area contributed by atoms with E-state index in [0.29, 0.717) is 22.4 Å². The van der Waals surface area contributed by atoms with E-state index < -0.39 is 4.92 Å². The summed E-state index contributed by atoms with van der Waals surface area (Å²) in [6.07, 6.45) is 0. The van der Waals surface area contributed by atoms with Crippen molar-refractivity contribution in [1.82, 2.24) is 0 Å². The third-order valence-corrected chi connectivity index (χ3v) is 3.35. The average Bonchev–Trinajstić information content (AvgIpc) is 2.41. The summed E-state index contributed by atoms with van der Waals surface area (Å²) in [5, 5.41) is 11.2. The van der Waals surface area contributed by atoms with Gasteiger partial charge in [0.1, 0.15) is 11.5 Å². The van der Waals surface area contributed by atoms with Crippen molar-refractivity contribution in [2.24, 2.45) is 0 Å². The topological polar surface area (TPSA) is 46.4 Å². The highest BCUT2D eigenvalue weighted by atomic mass is 79.9. The molecule has 0 aliphatic rings. The smallest absolute Gasteiger partial charge is 0.294 e. The van der Waals surface area contributed by atoms with Gasteiger partial charge in [-0.1, -0.05) is 22.0 Å². The van der Waals surface area contributed by atoms with Crippen molar-refractivity contribution < 1.29 is 9.31 Å². The molecule has 2 aromatic carbocycles. The largest absolute Gasteiger partial charge is 0.336 e. The van der Waals surface area contributed by atoms with Crippen LogP contribution in [0.15, 0.2) is 46.9 Å². The third-order valence-electron chi connectivity index (χ3n) is 2.86. The Hall–Kier alpha value is -1.95. The molecule has 6 heteroatoms. The number of nitro benzene ring substituents is 1. The number of hydrogen-bond acceptors (Lipinski definition) is 3. The van der Waals surface area contributed by atoms with Crippen LogP contribution in [0.3, 0.4) is 0 Å². The Labute approximate surface area is 124 Å². The quantitative estimate of drug-likeness (QED) is 0.601. The zero-order chi connectivity index (χ0) is 14.7. The summed E-state index contributed by atoms with van der Waals surface area (Å²) in [6, 6.07) is 10.8. The Balaban J connectivity index is 2.55. The van der Waals surface area contributed by atoms with Crippen LogP contribution < -0.4 is 4.90 Å². The Morgan fingerprint density at radius 3 is 2.65 bits per heavy atom. The molecule has 20 heavy (non-hydrogen) atoms. The van der Waals surface area contributed by atoms with Crippen molar-refractivity contribution in [1.29, 1.82) is 0 Å². The molecule has 0 saturated heterocycles. The van der Waals surface area contributed by atoms with Gasteiger partial charge in [-0.3, -0.25) is 10.1 Å². The highest BCUT2D eigenvalue weighted by molar-refractivity contribution is 9.10. The Bertz CT molecular complexity index is 649. The van der Waals surface area contributed by atoms with Gasteiger partial charge in [0, 0.05) is 22.8 Å². The highest BCUT2D eigenvalue weighted by Crippen LogP contribution is 2.35. The maximum Gasteiger partial charge on any atom is 0.294 e. The summed E-state index contributed by atoms with van der Waals surface area (Å²) >= 11 is 3.22. The molecule has 4 nitrogen and oxygen atoms in total. The molecule has 0 bridgehead atoms. The zero-order valence-electron chi connectivity index (χ0n) is 10.7. The fourth-order valence-corrected chi connectivity index (χ4v) is 2.36. The van der Waals surface area contributed by atoms with Gasteiger partial charge in [-0.05, 0) is 37.3 Å². The standard InChI is InChI=1S/C14H12BrFN2O2/c1-2-17(12-5-3-4-11(16)9-12)13-7-6-10(15)8-14(13)18(19)20/h3-9H,2H2,1H3. The second-order valence-electron chi connectivity index (χ2n) is 4.11. The van der Waals surface area contributed by atoms with Crippen LogP contribution in [0.2, 0.25) is 0 Å². The predicted molar refractivity (Wildman–Crippen MR) is 79.9 cm³/mol. The Morgan fingerprint density at radius 1 is 1.30 bits per heavy atom. The van der Waals surface area contributed by atoms with Crippen molar-refractivity contribution in [3.05, 3.63) is 62.9 Å².